The van der Waals surface area contributed by atoms with Crippen molar-refractivity contribution in [2.24, 2.45) is 5.73 Å². The molecule has 0 spiro atoms. The Kier molecular flexibility index (Phi) is 5.62. The third kappa shape index (κ3) is 4.11. The first kappa shape index (κ1) is 14.2. The van der Waals surface area contributed by atoms with E-state index in [1.807, 2.05) is 0 Å². The van der Waals surface area contributed by atoms with Gasteiger partial charge in [-0.05, 0) is 6.90 Å². The van der Waals surface area contributed by atoms with E-state index >= 15 is 0 Å². The van der Waals surface area contributed by atoms with Crippen molar-refractivity contribution in [2.75, 3.05) is 6.61 Å². The maximum atomic E-state index is 11.3. The molecule has 0 saturated carbocycles. The molecule has 0 aliphatic heterocycles. The molecular formula is C9H17NO7. The van der Waals surface area contributed by atoms with Crippen LogP contribution in [-0.4, -0.2) is 74.2 Å². The van der Waals surface area contributed by atoms with E-state index in [-0.39, 0.29) is 0 Å². The molecular weight excluding hydrogens is 234 g/mol. The number of Topliss-reactive ketones (excluding diaryl/α,β-unsaturated/α-hetero) is 2. The van der Waals surface area contributed by atoms with Gasteiger partial charge in [0.2, 0.25) is 11.6 Å². The van der Waals surface area contributed by atoms with Gasteiger partial charge in [0.05, 0.1) is 12.6 Å². The summed E-state index contributed by atoms with van der Waals surface area (Å²) in [6.07, 6.45) is -8.22. The van der Waals surface area contributed by atoms with Crippen LogP contribution in [0.1, 0.15) is 8.27 Å². The molecule has 0 saturated heterocycles. The summed E-state index contributed by atoms with van der Waals surface area (Å²) < 4.78 is 6.80. The van der Waals surface area contributed by atoms with Crippen LogP contribution in [0.25, 0.3) is 0 Å². The summed E-state index contributed by atoms with van der Waals surface area (Å²) in [5, 5.41) is 45.4. The van der Waals surface area contributed by atoms with Gasteiger partial charge < -0.3 is 31.3 Å². The second-order valence-corrected chi connectivity index (χ2v) is 3.51. The Morgan fingerprint density at radius 2 is 1.71 bits per heavy atom. The van der Waals surface area contributed by atoms with Gasteiger partial charge in [-0.2, -0.15) is 0 Å². The number of hydrogen-bond donors (Lipinski definition) is 6. The summed E-state index contributed by atoms with van der Waals surface area (Å²) in [6.45, 7) is -1.48. The lowest BCUT2D eigenvalue weighted by molar-refractivity contribution is -0.154. The molecule has 8 nitrogen and oxygen atoms in total. The number of aliphatic hydroxyl groups excluding tert-OH is 5. The normalized spacial score (nSPS) is 20.9. The van der Waals surface area contributed by atoms with Crippen molar-refractivity contribution in [3.63, 3.8) is 0 Å². The van der Waals surface area contributed by atoms with Gasteiger partial charge in [-0.3, -0.25) is 9.59 Å². The van der Waals surface area contributed by atoms with Crippen molar-refractivity contribution in [2.45, 2.75) is 37.4 Å². The van der Waals surface area contributed by atoms with Gasteiger partial charge in [0.25, 0.3) is 0 Å². The fourth-order valence-corrected chi connectivity index (χ4v) is 1.01. The quantitative estimate of drug-likeness (QED) is 0.249. The lowest BCUT2D eigenvalue weighted by Gasteiger charge is -2.24. The Morgan fingerprint density at radius 1 is 1.18 bits per heavy atom. The highest BCUT2D eigenvalue weighted by Crippen LogP contribution is 2.07. The Morgan fingerprint density at radius 3 is 2.12 bits per heavy atom. The fraction of sp³-hybridized carbons (Fsp3) is 0.778. The van der Waals surface area contributed by atoms with Crippen LogP contribution in [0.4, 0.5) is 0 Å². The first-order chi connectivity index (χ1) is 8.27. The second-order valence-electron chi connectivity index (χ2n) is 3.51. The van der Waals surface area contributed by atoms with Crippen molar-refractivity contribution in [1.82, 2.24) is 0 Å². The predicted molar refractivity (Wildman–Crippen MR) is 54.8 cm³/mol. The molecule has 0 aliphatic carbocycles. The van der Waals surface area contributed by atoms with Crippen LogP contribution < -0.4 is 5.73 Å². The number of nitrogens with two attached hydrogens (primary N) is 1. The van der Waals surface area contributed by atoms with Crippen molar-refractivity contribution >= 4 is 11.6 Å². The van der Waals surface area contributed by atoms with Crippen molar-refractivity contribution in [3.8, 4) is 0 Å². The number of rotatable bonds is 7. The van der Waals surface area contributed by atoms with Crippen molar-refractivity contribution in [1.29, 1.82) is 0 Å². The molecule has 0 fully saturated rings. The molecule has 0 aliphatic rings. The topological polar surface area (TPSA) is 161 Å². The highest BCUT2D eigenvalue weighted by atomic mass is 16.4. The summed E-state index contributed by atoms with van der Waals surface area (Å²) in [5.41, 5.74) is 5.11. The average Bonchev–Trinajstić information content (AvgIpc) is 2.40. The molecule has 0 heterocycles. The summed E-state index contributed by atoms with van der Waals surface area (Å²) >= 11 is 0. The van der Waals surface area contributed by atoms with E-state index in [1.165, 1.54) is 0 Å². The summed E-state index contributed by atoms with van der Waals surface area (Å²) in [4.78, 5) is 22.5. The lowest BCUT2D eigenvalue weighted by atomic mass is 9.97. The summed E-state index contributed by atoms with van der Waals surface area (Å²) in [5.74, 6) is -2.73. The lowest BCUT2D eigenvalue weighted by Crippen LogP contribution is -2.52. The molecule has 0 aromatic rings. The van der Waals surface area contributed by atoms with E-state index in [9.17, 15) is 24.9 Å². The molecule has 100 valence electrons. The second kappa shape index (κ2) is 6.74. The number of hydrogen-bond acceptors (Lipinski definition) is 8. The third-order valence-corrected chi connectivity index (χ3v) is 2.10. The van der Waals surface area contributed by atoms with E-state index in [4.69, 9.17) is 17.3 Å². The monoisotopic (exact) mass is 252 g/mol. The third-order valence-electron chi connectivity index (χ3n) is 2.10. The number of aliphatic hydroxyl groups is 5. The maximum absolute atomic E-state index is 11.3. The average molecular weight is 252 g/mol. The number of ketones is 2. The van der Waals surface area contributed by atoms with Gasteiger partial charge in [0.15, 0.2) is 0 Å². The van der Waals surface area contributed by atoms with Crippen LogP contribution in [0.3, 0.4) is 0 Å². The zero-order valence-corrected chi connectivity index (χ0v) is 8.93. The molecule has 7 N–H and O–H groups in total. The minimum Gasteiger partial charge on any atom is -0.394 e. The van der Waals surface area contributed by atoms with E-state index in [1.54, 1.807) is 0 Å². The summed E-state index contributed by atoms with van der Waals surface area (Å²) in [7, 11) is 0. The highest BCUT2D eigenvalue weighted by molar-refractivity contribution is 6.40. The Hall–Kier alpha value is -0.900. The molecule has 0 aromatic heterocycles. The van der Waals surface area contributed by atoms with Gasteiger partial charge in [-0.15, -0.1) is 0 Å². The minimum absolute atomic E-state index is 0.574. The zero-order valence-electron chi connectivity index (χ0n) is 9.93. The number of carbonyl (C=O) groups is 2. The Labute approximate surface area is 98.7 Å². The molecule has 0 unspecified atom stereocenters. The van der Waals surface area contributed by atoms with Gasteiger partial charge in [0, 0.05) is 1.37 Å². The Balaban J connectivity index is 4.68. The van der Waals surface area contributed by atoms with Crippen LogP contribution in [0.15, 0.2) is 0 Å². The SMILES string of the molecule is [2H]C[C@H](N)C(=O)C(=O)[C@H](O)[C@@H](O)[C@H](O)[C@H](O)CO. The predicted octanol–water partition coefficient (Wildman–Crippen LogP) is -4.09. The summed E-state index contributed by atoms with van der Waals surface area (Å²) in [6, 6.07) is -1.43. The van der Waals surface area contributed by atoms with Gasteiger partial charge in [-0.1, -0.05) is 0 Å². The molecule has 5 atom stereocenters. The molecule has 0 bridgehead atoms. The first-order valence-corrected chi connectivity index (χ1v) is 4.73. The molecule has 0 radical (unpaired) electrons. The highest BCUT2D eigenvalue weighted by Gasteiger charge is 2.37. The van der Waals surface area contributed by atoms with Crippen LogP contribution in [-0.2, 0) is 9.59 Å². The van der Waals surface area contributed by atoms with Gasteiger partial charge in [-0.25, -0.2) is 0 Å². The molecule has 0 amide bonds. The molecule has 8 heteroatoms. The first-order valence-electron chi connectivity index (χ1n) is 5.44. The van der Waals surface area contributed by atoms with Crippen molar-refractivity contribution in [3.05, 3.63) is 0 Å². The molecule has 17 heavy (non-hydrogen) atoms. The van der Waals surface area contributed by atoms with Crippen LogP contribution in [0.2, 0.25) is 0 Å². The smallest absolute Gasteiger partial charge is 0.231 e. The molecule has 0 rings (SSSR count). The van der Waals surface area contributed by atoms with Crippen LogP contribution >= 0.6 is 0 Å². The van der Waals surface area contributed by atoms with E-state index < -0.39 is 55.5 Å². The fourth-order valence-electron chi connectivity index (χ4n) is 1.01. The van der Waals surface area contributed by atoms with Crippen LogP contribution in [0.5, 0.6) is 0 Å². The number of carbonyl (C=O) groups excluding carboxylic acids is 2. The largest absolute Gasteiger partial charge is 0.394 e. The molecule has 0 aromatic carbocycles. The van der Waals surface area contributed by atoms with Crippen LogP contribution in [0, 0.1) is 0 Å². The zero-order chi connectivity index (χ0) is 14.5. The van der Waals surface area contributed by atoms with Crippen molar-refractivity contribution < 1.29 is 36.5 Å². The van der Waals surface area contributed by atoms with E-state index in [0.29, 0.717) is 0 Å². The van der Waals surface area contributed by atoms with Gasteiger partial charge in [0.1, 0.15) is 24.4 Å². The van der Waals surface area contributed by atoms with Gasteiger partial charge >= 0.3 is 0 Å². The van der Waals surface area contributed by atoms with E-state index in [0.717, 1.165) is 0 Å². The minimum atomic E-state index is -2.29. The van der Waals surface area contributed by atoms with E-state index in [2.05, 4.69) is 0 Å². The standard InChI is InChI=1S/C9H17NO7/c1-3(10)5(13)7(15)9(17)8(16)6(14)4(12)2-11/h3-4,6,8-9,11-12,14,16-17H,2,10H2,1H3/t3-,4+,6+,8-,9-/m0/s1/i1D. The maximum Gasteiger partial charge on any atom is 0.231 e. The Bertz CT molecular complexity index is 301.